The number of aryl methyl sites for hydroxylation is 1. The van der Waals surface area contributed by atoms with Gasteiger partial charge in [-0.05, 0) is 47.2 Å². The lowest BCUT2D eigenvalue weighted by Crippen LogP contribution is -2.48. The van der Waals surface area contributed by atoms with E-state index >= 15 is 0 Å². The number of para-hydroxylation sites is 1. The summed E-state index contributed by atoms with van der Waals surface area (Å²) in [5.41, 5.74) is 2.47. The molecule has 0 aliphatic carbocycles. The molecule has 5 nitrogen and oxygen atoms in total. The fraction of sp³-hybridized carbons (Fsp3) is 0.250. The van der Waals surface area contributed by atoms with Crippen LogP contribution in [0.1, 0.15) is 17.5 Å². The number of fused-ring (bicyclic) bond motifs is 1. The number of hydrogen-bond acceptors (Lipinski definition) is 3. The van der Waals surface area contributed by atoms with Crippen molar-refractivity contribution in [1.29, 1.82) is 0 Å². The third-order valence-corrected chi connectivity index (χ3v) is 5.97. The summed E-state index contributed by atoms with van der Waals surface area (Å²) in [4.78, 5) is 12.8. The highest BCUT2D eigenvalue weighted by molar-refractivity contribution is 5.80. The molecule has 0 saturated carbocycles. The number of hydrogen-bond donors (Lipinski definition) is 3. The smallest absolute Gasteiger partial charge is 0.222 e. The second-order valence-corrected chi connectivity index (χ2v) is 8.66. The zero-order valence-corrected chi connectivity index (χ0v) is 19.3. The highest BCUT2D eigenvalue weighted by Gasteiger charge is 2.22. The molecule has 1 heterocycles. The molecule has 3 N–H and O–H groups in total. The van der Waals surface area contributed by atoms with Crippen LogP contribution < -0.4 is 10.6 Å². The van der Waals surface area contributed by atoms with Crippen molar-refractivity contribution in [2.24, 2.45) is 0 Å². The van der Waals surface area contributed by atoms with Gasteiger partial charge in [0.2, 0.25) is 5.91 Å². The summed E-state index contributed by atoms with van der Waals surface area (Å²) in [6.07, 6.45) is 1.28. The van der Waals surface area contributed by atoms with Gasteiger partial charge in [-0.25, -0.2) is 8.78 Å². The Morgan fingerprint density at radius 2 is 1.63 bits per heavy atom. The van der Waals surface area contributed by atoms with Crippen molar-refractivity contribution >= 4 is 16.8 Å². The van der Waals surface area contributed by atoms with E-state index in [9.17, 15) is 18.7 Å². The Morgan fingerprint density at radius 1 is 0.914 bits per heavy atom. The first-order valence-electron chi connectivity index (χ1n) is 11.7. The number of aliphatic hydroxyl groups excluding tert-OH is 1. The second kappa shape index (κ2) is 11.7. The maximum absolute atomic E-state index is 13.7. The third-order valence-electron chi connectivity index (χ3n) is 5.97. The Balaban J connectivity index is 1.39. The number of carbonyl (C=O) groups is 1. The van der Waals surface area contributed by atoms with Crippen LogP contribution in [0.25, 0.3) is 10.9 Å². The van der Waals surface area contributed by atoms with Crippen molar-refractivity contribution in [2.45, 2.75) is 38.1 Å². The molecule has 0 aliphatic heterocycles. The van der Waals surface area contributed by atoms with E-state index < -0.39 is 23.8 Å². The summed E-state index contributed by atoms with van der Waals surface area (Å²) in [5.74, 6) is -1.63. The minimum absolute atomic E-state index is 0.0983. The maximum Gasteiger partial charge on any atom is 0.222 e. The molecule has 1 amide bonds. The van der Waals surface area contributed by atoms with Gasteiger partial charge >= 0.3 is 0 Å². The van der Waals surface area contributed by atoms with Gasteiger partial charge in [0.1, 0.15) is 11.6 Å². The molecular formula is C28H29F2N3O2. The van der Waals surface area contributed by atoms with Gasteiger partial charge in [-0.3, -0.25) is 4.79 Å². The standard InChI is InChI=1S/C28H29F2N3O2/c29-23-14-21(15-24(30)17-23)16-25(27(34)19-31-18-20-6-2-1-3-7-20)32-28(35)11-13-33-12-10-22-8-4-5-9-26(22)33/h1-10,12,14-15,17,25,27,31,34H,11,13,16,18-19H2,(H,32,35)/t25-,27-/m1/s1. The molecule has 0 bridgehead atoms. The summed E-state index contributed by atoms with van der Waals surface area (Å²) in [7, 11) is 0. The van der Waals surface area contributed by atoms with Crippen LogP contribution >= 0.6 is 0 Å². The van der Waals surface area contributed by atoms with E-state index in [0.717, 1.165) is 22.5 Å². The average Bonchev–Trinajstić information content (AvgIpc) is 3.25. The maximum atomic E-state index is 13.7. The van der Waals surface area contributed by atoms with Crippen molar-refractivity contribution < 1.29 is 18.7 Å². The van der Waals surface area contributed by atoms with Gasteiger partial charge in [0.15, 0.2) is 0 Å². The molecule has 0 radical (unpaired) electrons. The first-order chi connectivity index (χ1) is 17.0. The van der Waals surface area contributed by atoms with E-state index in [1.165, 1.54) is 12.1 Å². The van der Waals surface area contributed by atoms with E-state index in [4.69, 9.17) is 0 Å². The summed E-state index contributed by atoms with van der Waals surface area (Å²) >= 11 is 0. The molecule has 7 heteroatoms. The number of nitrogens with zero attached hydrogens (tertiary/aromatic N) is 1. The van der Waals surface area contributed by atoms with Crippen LogP contribution in [-0.4, -0.2) is 34.3 Å². The zero-order valence-electron chi connectivity index (χ0n) is 19.3. The van der Waals surface area contributed by atoms with Crippen LogP contribution in [0.4, 0.5) is 8.78 Å². The Bertz CT molecular complexity index is 1240. The molecular weight excluding hydrogens is 448 g/mol. The Morgan fingerprint density at radius 3 is 2.40 bits per heavy atom. The average molecular weight is 478 g/mol. The topological polar surface area (TPSA) is 66.3 Å². The highest BCUT2D eigenvalue weighted by Crippen LogP contribution is 2.16. The minimum Gasteiger partial charge on any atom is -0.390 e. The van der Waals surface area contributed by atoms with E-state index in [0.29, 0.717) is 18.7 Å². The van der Waals surface area contributed by atoms with Crippen LogP contribution in [0.15, 0.2) is 85.1 Å². The molecule has 4 rings (SSSR count). The van der Waals surface area contributed by atoms with E-state index in [1.807, 2.05) is 71.4 Å². The number of aromatic nitrogens is 1. The van der Waals surface area contributed by atoms with Crippen molar-refractivity contribution in [3.8, 4) is 0 Å². The lowest BCUT2D eigenvalue weighted by atomic mass is 10.0. The van der Waals surface area contributed by atoms with Crippen molar-refractivity contribution in [3.63, 3.8) is 0 Å². The fourth-order valence-electron chi connectivity index (χ4n) is 4.21. The zero-order chi connectivity index (χ0) is 24.6. The largest absolute Gasteiger partial charge is 0.390 e. The lowest BCUT2D eigenvalue weighted by molar-refractivity contribution is -0.122. The van der Waals surface area contributed by atoms with Crippen LogP contribution in [0.3, 0.4) is 0 Å². The van der Waals surface area contributed by atoms with Crippen LogP contribution in [0.2, 0.25) is 0 Å². The molecule has 1 aromatic heterocycles. The van der Waals surface area contributed by atoms with Gasteiger partial charge in [0, 0.05) is 43.8 Å². The molecule has 0 spiro atoms. The third kappa shape index (κ3) is 6.97. The molecule has 0 saturated heterocycles. The Labute approximate surface area is 203 Å². The van der Waals surface area contributed by atoms with E-state index in [2.05, 4.69) is 10.6 Å². The fourth-order valence-corrected chi connectivity index (χ4v) is 4.21. The molecule has 3 aromatic carbocycles. The van der Waals surface area contributed by atoms with Gasteiger partial charge in [0.05, 0.1) is 12.1 Å². The summed E-state index contributed by atoms with van der Waals surface area (Å²) in [5, 5.41) is 18.0. The first-order valence-corrected chi connectivity index (χ1v) is 11.7. The van der Waals surface area contributed by atoms with Gasteiger partial charge in [-0.1, -0.05) is 48.5 Å². The van der Waals surface area contributed by atoms with Gasteiger partial charge in [-0.2, -0.15) is 0 Å². The van der Waals surface area contributed by atoms with Gasteiger partial charge in [0.25, 0.3) is 0 Å². The quantitative estimate of drug-likeness (QED) is 0.304. The SMILES string of the molecule is O=C(CCn1ccc2ccccc21)N[C@H](Cc1cc(F)cc(F)c1)[C@H](O)CNCc1ccccc1. The first kappa shape index (κ1) is 24.6. The molecule has 0 fully saturated rings. The number of aliphatic hydroxyl groups is 1. The molecule has 182 valence electrons. The molecule has 35 heavy (non-hydrogen) atoms. The van der Waals surface area contributed by atoms with Crippen molar-refractivity contribution in [1.82, 2.24) is 15.2 Å². The summed E-state index contributed by atoms with van der Waals surface area (Å²) in [6, 6.07) is 22.2. The van der Waals surface area contributed by atoms with E-state index in [1.54, 1.807) is 0 Å². The number of nitrogens with one attached hydrogen (secondary N) is 2. The van der Waals surface area contributed by atoms with Crippen molar-refractivity contribution in [2.75, 3.05) is 6.54 Å². The van der Waals surface area contributed by atoms with E-state index in [-0.39, 0.29) is 25.3 Å². The normalized spacial score (nSPS) is 13.0. The minimum atomic E-state index is -0.957. The van der Waals surface area contributed by atoms with Gasteiger partial charge in [-0.15, -0.1) is 0 Å². The lowest BCUT2D eigenvalue weighted by Gasteiger charge is -2.25. The highest BCUT2D eigenvalue weighted by atomic mass is 19.1. The van der Waals surface area contributed by atoms with Crippen LogP contribution in [0, 0.1) is 11.6 Å². The monoisotopic (exact) mass is 477 g/mol. The number of benzene rings is 3. The van der Waals surface area contributed by atoms with Crippen LogP contribution in [-0.2, 0) is 24.3 Å². The molecule has 2 atom stereocenters. The Hall–Kier alpha value is -3.55. The molecule has 4 aromatic rings. The number of rotatable bonds is 11. The predicted octanol–water partition coefficient (Wildman–Crippen LogP) is 4.19. The van der Waals surface area contributed by atoms with Crippen LogP contribution in [0.5, 0.6) is 0 Å². The summed E-state index contributed by atoms with van der Waals surface area (Å²) in [6.45, 7) is 1.23. The van der Waals surface area contributed by atoms with Crippen molar-refractivity contribution in [3.05, 3.63) is 108 Å². The summed E-state index contributed by atoms with van der Waals surface area (Å²) < 4.78 is 29.5. The predicted molar refractivity (Wildman–Crippen MR) is 133 cm³/mol. The molecule has 0 unspecified atom stereocenters. The number of halogens is 2. The number of amides is 1. The molecule has 0 aliphatic rings. The number of carbonyl (C=O) groups excluding carboxylic acids is 1. The Kier molecular flexibility index (Phi) is 8.23. The van der Waals surface area contributed by atoms with Gasteiger partial charge < -0.3 is 20.3 Å². The second-order valence-electron chi connectivity index (χ2n) is 8.66.